The summed E-state index contributed by atoms with van der Waals surface area (Å²) in [6.45, 7) is 0.734. The van der Waals surface area contributed by atoms with E-state index >= 15 is 0 Å². The largest absolute Gasteiger partial charge is 0.352 e. The van der Waals surface area contributed by atoms with Gasteiger partial charge in [-0.2, -0.15) is 0 Å². The molecule has 2 aliphatic rings. The third-order valence-corrected chi connectivity index (χ3v) is 4.42. The summed E-state index contributed by atoms with van der Waals surface area (Å²) in [6.07, 6.45) is 8.22. The second-order valence-corrected chi connectivity index (χ2v) is 5.67. The van der Waals surface area contributed by atoms with Gasteiger partial charge in [0.05, 0.1) is 0 Å². The maximum absolute atomic E-state index is 12.1. The Morgan fingerprint density at radius 1 is 1.16 bits per heavy atom. The number of fused-ring (bicyclic) bond motifs is 1. The maximum Gasteiger partial charge on any atom is 0.247 e. The van der Waals surface area contributed by atoms with Crippen LogP contribution in [0.15, 0.2) is 42.0 Å². The van der Waals surface area contributed by atoms with Crippen molar-refractivity contribution in [3.63, 3.8) is 0 Å². The molecule has 1 fully saturated rings. The number of hydrogen-bond donors (Lipinski definition) is 1. The van der Waals surface area contributed by atoms with Crippen molar-refractivity contribution in [1.29, 1.82) is 0 Å². The van der Waals surface area contributed by atoms with Crippen LogP contribution in [0.1, 0.15) is 31.2 Å². The van der Waals surface area contributed by atoms with Crippen LogP contribution >= 0.6 is 0 Å². The highest BCUT2D eigenvalue weighted by Gasteiger charge is 2.37. The highest BCUT2D eigenvalue weighted by atomic mass is 16.1. The molecule has 3 rings (SSSR count). The first-order valence-electron chi connectivity index (χ1n) is 7.38. The van der Waals surface area contributed by atoms with Crippen molar-refractivity contribution in [2.24, 2.45) is 11.8 Å². The standard InChI is InChI=1S/C17H21NO/c19-17(16-12-14-8-4-5-9-15(14)16)18-11-10-13-6-2-1-3-7-13/h1-3,6-7,12,14-15H,4-5,8-11H2,(H,18,19). The van der Waals surface area contributed by atoms with Crippen LogP contribution in [-0.2, 0) is 11.2 Å². The first-order chi connectivity index (χ1) is 9.34. The van der Waals surface area contributed by atoms with E-state index in [1.807, 2.05) is 18.2 Å². The predicted molar refractivity (Wildman–Crippen MR) is 76.7 cm³/mol. The van der Waals surface area contributed by atoms with E-state index in [9.17, 15) is 4.79 Å². The second kappa shape index (κ2) is 5.60. The van der Waals surface area contributed by atoms with E-state index in [2.05, 4.69) is 23.5 Å². The summed E-state index contributed by atoms with van der Waals surface area (Å²) in [7, 11) is 0. The van der Waals surface area contributed by atoms with Gasteiger partial charge in [-0.3, -0.25) is 4.79 Å². The molecule has 0 saturated heterocycles. The lowest BCUT2D eigenvalue weighted by Crippen LogP contribution is -2.38. The van der Waals surface area contributed by atoms with Gasteiger partial charge in [-0.25, -0.2) is 0 Å². The molecule has 2 nitrogen and oxygen atoms in total. The Bertz CT molecular complexity index is 477. The van der Waals surface area contributed by atoms with Crippen LogP contribution in [0.25, 0.3) is 0 Å². The van der Waals surface area contributed by atoms with E-state index < -0.39 is 0 Å². The van der Waals surface area contributed by atoms with Gasteiger partial charge in [0.25, 0.3) is 0 Å². The van der Waals surface area contributed by atoms with E-state index in [0.717, 1.165) is 18.5 Å². The molecule has 2 heteroatoms. The topological polar surface area (TPSA) is 29.1 Å². The molecule has 2 aliphatic carbocycles. The smallest absolute Gasteiger partial charge is 0.247 e. The zero-order chi connectivity index (χ0) is 13.1. The molecule has 0 spiro atoms. The minimum absolute atomic E-state index is 0.166. The van der Waals surface area contributed by atoms with E-state index in [1.165, 1.54) is 31.2 Å². The lowest BCUT2D eigenvalue weighted by atomic mass is 9.66. The molecular formula is C17H21NO. The highest BCUT2D eigenvalue weighted by Crippen LogP contribution is 2.43. The fraction of sp³-hybridized carbons (Fsp3) is 0.471. The molecule has 0 aromatic heterocycles. The van der Waals surface area contributed by atoms with Crippen LogP contribution in [0, 0.1) is 11.8 Å². The minimum atomic E-state index is 0.166. The number of amides is 1. The molecule has 0 heterocycles. The monoisotopic (exact) mass is 255 g/mol. The van der Waals surface area contributed by atoms with Crippen LogP contribution in [0.5, 0.6) is 0 Å². The summed E-state index contributed by atoms with van der Waals surface area (Å²) < 4.78 is 0. The first kappa shape index (κ1) is 12.5. The van der Waals surface area contributed by atoms with Gasteiger partial charge in [-0.15, -0.1) is 0 Å². The van der Waals surface area contributed by atoms with Gasteiger partial charge in [0.1, 0.15) is 0 Å². The van der Waals surface area contributed by atoms with Crippen LogP contribution < -0.4 is 5.32 Å². The Kier molecular flexibility index (Phi) is 3.67. The molecular weight excluding hydrogens is 234 g/mol. The number of carbonyl (C=O) groups excluding carboxylic acids is 1. The summed E-state index contributed by atoms with van der Waals surface area (Å²) in [5.41, 5.74) is 2.33. The van der Waals surface area contributed by atoms with E-state index in [0.29, 0.717) is 11.8 Å². The van der Waals surface area contributed by atoms with Crippen molar-refractivity contribution >= 4 is 5.91 Å². The van der Waals surface area contributed by atoms with Crippen LogP contribution in [-0.4, -0.2) is 12.5 Å². The lowest BCUT2D eigenvalue weighted by molar-refractivity contribution is -0.118. The van der Waals surface area contributed by atoms with Crippen molar-refractivity contribution in [3.8, 4) is 0 Å². The molecule has 1 saturated carbocycles. The molecule has 1 N–H and O–H groups in total. The zero-order valence-corrected chi connectivity index (χ0v) is 11.3. The van der Waals surface area contributed by atoms with Crippen molar-refractivity contribution in [3.05, 3.63) is 47.5 Å². The number of rotatable bonds is 4. The number of nitrogens with one attached hydrogen (secondary N) is 1. The molecule has 100 valence electrons. The van der Waals surface area contributed by atoms with Gasteiger partial charge in [0.2, 0.25) is 5.91 Å². The van der Waals surface area contributed by atoms with Crippen LogP contribution in [0.3, 0.4) is 0 Å². The predicted octanol–water partition coefficient (Wildman–Crippen LogP) is 3.09. The molecule has 2 unspecified atom stereocenters. The van der Waals surface area contributed by atoms with Crippen LogP contribution in [0.2, 0.25) is 0 Å². The molecule has 19 heavy (non-hydrogen) atoms. The summed E-state index contributed by atoms with van der Waals surface area (Å²) in [6, 6.07) is 10.3. The molecule has 0 aliphatic heterocycles. The quantitative estimate of drug-likeness (QED) is 0.880. The molecule has 1 aromatic rings. The van der Waals surface area contributed by atoms with Gasteiger partial charge in [-0.1, -0.05) is 49.2 Å². The summed E-state index contributed by atoms with van der Waals surface area (Å²) in [5, 5.41) is 3.06. The van der Waals surface area contributed by atoms with Crippen molar-refractivity contribution in [1.82, 2.24) is 5.32 Å². The molecule has 0 bridgehead atoms. The fourth-order valence-corrected chi connectivity index (χ4v) is 3.29. The summed E-state index contributed by atoms with van der Waals surface area (Å²) >= 11 is 0. The normalized spacial score (nSPS) is 24.9. The van der Waals surface area contributed by atoms with E-state index in [1.54, 1.807) is 0 Å². The number of benzene rings is 1. The van der Waals surface area contributed by atoms with Crippen molar-refractivity contribution < 1.29 is 4.79 Å². The molecule has 1 amide bonds. The van der Waals surface area contributed by atoms with Gasteiger partial charge >= 0.3 is 0 Å². The molecule has 0 radical (unpaired) electrons. The SMILES string of the molecule is O=C(NCCc1ccccc1)C1=CC2CCCCC12. The second-order valence-electron chi connectivity index (χ2n) is 5.67. The summed E-state index contributed by atoms with van der Waals surface area (Å²) in [5.74, 6) is 1.42. The van der Waals surface area contributed by atoms with Crippen molar-refractivity contribution in [2.45, 2.75) is 32.1 Å². The van der Waals surface area contributed by atoms with Gasteiger partial charge in [0, 0.05) is 12.1 Å². The van der Waals surface area contributed by atoms with E-state index in [-0.39, 0.29) is 5.91 Å². The van der Waals surface area contributed by atoms with E-state index in [4.69, 9.17) is 0 Å². The lowest BCUT2D eigenvalue weighted by Gasteiger charge is -2.38. The van der Waals surface area contributed by atoms with Gasteiger partial charge in [0.15, 0.2) is 0 Å². The molecule has 1 aromatic carbocycles. The number of allylic oxidation sites excluding steroid dienone is 1. The Balaban J connectivity index is 1.47. The third-order valence-electron chi connectivity index (χ3n) is 4.42. The number of hydrogen-bond acceptors (Lipinski definition) is 1. The number of carbonyl (C=O) groups is 1. The Morgan fingerprint density at radius 2 is 1.95 bits per heavy atom. The van der Waals surface area contributed by atoms with Crippen LogP contribution in [0.4, 0.5) is 0 Å². The average Bonchev–Trinajstić information content (AvgIpc) is 2.41. The summed E-state index contributed by atoms with van der Waals surface area (Å²) in [4.78, 5) is 12.1. The zero-order valence-electron chi connectivity index (χ0n) is 11.3. The minimum Gasteiger partial charge on any atom is -0.352 e. The Hall–Kier alpha value is -1.57. The highest BCUT2D eigenvalue weighted by molar-refractivity contribution is 5.95. The maximum atomic E-state index is 12.1. The van der Waals surface area contributed by atoms with Gasteiger partial charge < -0.3 is 5.32 Å². The Labute approximate surface area is 114 Å². The van der Waals surface area contributed by atoms with Crippen molar-refractivity contribution in [2.75, 3.05) is 6.54 Å². The van der Waals surface area contributed by atoms with Gasteiger partial charge in [-0.05, 0) is 36.7 Å². The third kappa shape index (κ3) is 2.73. The first-order valence-corrected chi connectivity index (χ1v) is 7.38. The fourth-order valence-electron chi connectivity index (χ4n) is 3.29. The average molecular weight is 255 g/mol. The molecule has 2 atom stereocenters. The Morgan fingerprint density at radius 3 is 2.74 bits per heavy atom.